The number of carbonyl (C=O) groups excluding carboxylic acids is 11. The van der Waals surface area contributed by atoms with Gasteiger partial charge in [0.1, 0.15) is 23.2 Å². The van der Waals surface area contributed by atoms with E-state index in [1.165, 1.54) is 89.7 Å². The lowest BCUT2D eigenvalue weighted by Gasteiger charge is -2.11. The van der Waals surface area contributed by atoms with Gasteiger partial charge in [0.15, 0.2) is 17.5 Å². The van der Waals surface area contributed by atoms with Crippen molar-refractivity contribution in [1.82, 2.24) is 73.8 Å². The van der Waals surface area contributed by atoms with Crippen LogP contribution in [0.25, 0.3) is 0 Å². The minimum Gasteiger partial charge on any atom is -0.383 e. The summed E-state index contributed by atoms with van der Waals surface area (Å²) in [6.07, 6.45) is 8.14. The van der Waals surface area contributed by atoms with E-state index in [4.69, 9.17) is 0 Å². The highest BCUT2D eigenvalue weighted by Crippen LogP contribution is 2.19. The van der Waals surface area contributed by atoms with E-state index in [0.717, 1.165) is 13.0 Å². The SMILES string of the molecule is CC(=O)Nc1cn(C)c(C(=O)NCCC(=O)Nc2cn(C)c(C(=O)Nc3cc(C(=O)NCCCC(=O)Nc4cn(C)c(C(=O)Nc5cc(C(=O)NCC[C@@H](O)C(=O)Nc6cc(C(=O)NCCC(=O)NCCCN(C)C)n(C)c6)n(C)c5)n4)n(C)c3)n2)n1. The minimum atomic E-state index is -1.52. The second-order valence-electron chi connectivity index (χ2n) is 20.5. The molecule has 0 aromatic carbocycles. The number of aromatic nitrogens is 9. The number of nitrogens with one attached hydrogen (secondary N) is 11. The van der Waals surface area contributed by atoms with Crippen LogP contribution in [-0.2, 0) is 66.3 Å². The molecule has 33 heteroatoms. The number of hydrogen-bond acceptors (Lipinski definition) is 16. The van der Waals surface area contributed by atoms with Crippen LogP contribution in [0.15, 0.2) is 55.4 Å². The van der Waals surface area contributed by atoms with E-state index < -0.39 is 59.3 Å². The molecule has 466 valence electrons. The topological polar surface area (TPSA) is 412 Å². The number of anilines is 6. The molecule has 87 heavy (non-hydrogen) atoms. The molecule has 6 rings (SSSR count). The molecule has 0 aliphatic carbocycles. The molecule has 1 atom stereocenters. The van der Waals surface area contributed by atoms with E-state index in [-0.39, 0.29) is 139 Å². The summed E-state index contributed by atoms with van der Waals surface area (Å²) in [5.74, 6) is -5.30. The maximum absolute atomic E-state index is 13.3. The minimum absolute atomic E-state index is 0.0236. The maximum Gasteiger partial charge on any atom is 0.291 e. The smallest absolute Gasteiger partial charge is 0.291 e. The Morgan fingerprint density at radius 3 is 1.30 bits per heavy atom. The predicted molar refractivity (Wildman–Crippen MR) is 317 cm³/mol. The third-order valence-electron chi connectivity index (χ3n) is 12.8. The number of imidazole rings is 3. The molecule has 6 heterocycles. The van der Waals surface area contributed by atoms with Gasteiger partial charge in [0.05, 0.1) is 17.1 Å². The first-order valence-corrected chi connectivity index (χ1v) is 27.4. The van der Waals surface area contributed by atoms with E-state index in [1.54, 1.807) is 42.3 Å². The lowest BCUT2D eigenvalue weighted by molar-refractivity contribution is -0.124. The summed E-state index contributed by atoms with van der Waals surface area (Å²) in [6, 6.07) is 4.30. The van der Waals surface area contributed by atoms with Gasteiger partial charge in [-0.2, -0.15) is 0 Å². The number of amides is 11. The van der Waals surface area contributed by atoms with Crippen molar-refractivity contribution < 1.29 is 57.8 Å². The molecule has 6 aromatic rings. The van der Waals surface area contributed by atoms with Crippen LogP contribution in [0, 0.1) is 0 Å². The zero-order valence-corrected chi connectivity index (χ0v) is 49.7. The summed E-state index contributed by atoms with van der Waals surface area (Å²) < 4.78 is 8.67. The number of aliphatic hydroxyl groups excluding tert-OH is 1. The first-order chi connectivity index (χ1) is 41.2. The number of carbonyl (C=O) groups is 11. The van der Waals surface area contributed by atoms with Gasteiger partial charge in [0.2, 0.25) is 41.1 Å². The maximum atomic E-state index is 13.3. The van der Waals surface area contributed by atoms with Gasteiger partial charge in [-0.25, -0.2) is 15.0 Å². The van der Waals surface area contributed by atoms with Gasteiger partial charge >= 0.3 is 0 Å². The van der Waals surface area contributed by atoms with Crippen molar-refractivity contribution in [3.63, 3.8) is 0 Å². The average Bonchev–Trinajstić information content (AvgIpc) is 3.43. The fraction of sp³-hybridized carbons (Fsp3) is 0.407. The van der Waals surface area contributed by atoms with Crippen LogP contribution in [0.5, 0.6) is 0 Å². The molecule has 0 aliphatic rings. The largest absolute Gasteiger partial charge is 0.383 e. The van der Waals surface area contributed by atoms with Gasteiger partial charge in [-0.15, -0.1) is 0 Å². The molecule has 33 nitrogen and oxygen atoms in total. The van der Waals surface area contributed by atoms with Gasteiger partial charge in [-0.05, 0) is 58.1 Å². The molecule has 6 aromatic heterocycles. The van der Waals surface area contributed by atoms with E-state index in [9.17, 15) is 57.8 Å². The molecule has 0 spiro atoms. The fourth-order valence-corrected chi connectivity index (χ4v) is 8.52. The lowest BCUT2D eigenvalue weighted by Crippen LogP contribution is -2.33. The summed E-state index contributed by atoms with van der Waals surface area (Å²) in [6.45, 7) is 2.74. The van der Waals surface area contributed by atoms with Gasteiger partial charge in [0, 0.05) is 138 Å². The lowest BCUT2D eigenvalue weighted by atomic mass is 10.2. The monoisotopic (exact) mass is 1210 g/mol. The number of aliphatic hydroxyl groups is 1. The summed E-state index contributed by atoms with van der Waals surface area (Å²) in [4.78, 5) is 154. The third kappa shape index (κ3) is 19.3. The van der Waals surface area contributed by atoms with Crippen molar-refractivity contribution in [3.05, 3.63) is 89.9 Å². The molecule has 11 amide bonds. The van der Waals surface area contributed by atoms with Gasteiger partial charge in [0.25, 0.3) is 41.4 Å². The zero-order chi connectivity index (χ0) is 63.6. The van der Waals surface area contributed by atoms with E-state index in [0.29, 0.717) is 6.54 Å². The van der Waals surface area contributed by atoms with Crippen molar-refractivity contribution in [2.75, 3.05) is 85.3 Å². The Morgan fingerprint density at radius 2 is 0.828 bits per heavy atom. The molecular weight excluding hydrogens is 1130 g/mol. The number of rotatable bonds is 30. The van der Waals surface area contributed by atoms with Crippen molar-refractivity contribution in [2.24, 2.45) is 42.3 Å². The quantitative estimate of drug-likeness (QED) is 0.0255. The summed E-state index contributed by atoms with van der Waals surface area (Å²) >= 11 is 0. The normalized spacial score (nSPS) is 11.3. The Morgan fingerprint density at radius 1 is 0.437 bits per heavy atom. The molecule has 0 fully saturated rings. The van der Waals surface area contributed by atoms with E-state index in [2.05, 4.69) is 73.4 Å². The molecule has 0 bridgehead atoms. The Balaban J connectivity index is 0.865. The first kappa shape index (κ1) is 65.7. The Hall–Kier alpha value is -10.4. The summed E-state index contributed by atoms with van der Waals surface area (Å²) in [5.41, 5.74) is 1.33. The van der Waals surface area contributed by atoms with Crippen molar-refractivity contribution in [1.29, 1.82) is 0 Å². The summed E-state index contributed by atoms with van der Waals surface area (Å²) in [7, 11) is 13.4. The first-order valence-electron chi connectivity index (χ1n) is 27.4. The third-order valence-corrected chi connectivity index (χ3v) is 12.8. The van der Waals surface area contributed by atoms with Crippen LogP contribution in [0.3, 0.4) is 0 Å². The molecule has 0 unspecified atom stereocenters. The Bertz CT molecular complexity index is 3540. The highest BCUT2D eigenvalue weighted by Gasteiger charge is 2.23. The second-order valence-corrected chi connectivity index (χ2v) is 20.5. The van der Waals surface area contributed by atoms with Crippen LogP contribution < -0.4 is 58.5 Å². The number of aryl methyl sites for hydroxylation is 6. The molecule has 0 saturated carbocycles. The Kier molecular flexibility index (Phi) is 23.0. The molecule has 0 radical (unpaired) electrons. The average molecular weight is 1210 g/mol. The van der Waals surface area contributed by atoms with E-state index in [1.807, 2.05) is 19.0 Å². The van der Waals surface area contributed by atoms with Crippen molar-refractivity contribution in [2.45, 2.75) is 51.6 Å². The van der Waals surface area contributed by atoms with Crippen LogP contribution in [0.2, 0.25) is 0 Å². The van der Waals surface area contributed by atoms with Crippen LogP contribution in [0.1, 0.15) is 109 Å². The molecule has 0 saturated heterocycles. The molecular formula is C54H73N21O12. The van der Waals surface area contributed by atoms with Crippen molar-refractivity contribution in [3.8, 4) is 0 Å². The molecule has 12 N–H and O–H groups in total. The zero-order valence-electron chi connectivity index (χ0n) is 49.7. The van der Waals surface area contributed by atoms with Gasteiger partial charge in [-0.3, -0.25) is 52.7 Å². The number of hydrogen-bond donors (Lipinski definition) is 12. The van der Waals surface area contributed by atoms with Crippen LogP contribution in [0.4, 0.5) is 34.5 Å². The second kappa shape index (κ2) is 30.4. The van der Waals surface area contributed by atoms with Gasteiger partial charge in [-0.1, -0.05) is 0 Å². The standard InChI is InChI=1S/C54H73N21O12/c1-31(76)60-39-28-73(7)45(66-39)52(85)59-20-15-44(80)65-41-30-75(9)47(68-41)54(87)62-33-23-35(71(5)26-33)48(81)56-16-10-12-43(79)64-40-29-74(8)46(67-40)53(86)63-34-24-37(72(6)27-34)49(82)57-18-13-38(77)51(84)61-32-22-36(70(4)25-32)50(83)58-19-14-42(78)55-17-11-21-69(2)3/h22-30,38,77H,10-21H2,1-9H3,(H,55,78)(H,56,81)(H,57,82)(H,58,83)(H,59,85)(H,60,76)(H,61,84)(H,62,87)(H,63,86)(H,64,79)(H,65,80)/t38-/m1/s1. The fourth-order valence-electron chi connectivity index (χ4n) is 8.52. The van der Waals surface area contributed by atoms with Gasteiger partial charge < -0.3 is 95.9 Å². The van der Waals surface area contributed by atoms with Crippen LogP contribution >= 0.6 is 0 Å². The summed E-state index contributed by atoms with van der Waals surface area (Å²) in [5, 5.41) is 39.6. The highest BCUT2D eigenvalue weighted by atomic mass is 16.3. The molecule has 0 aliphatic heterocycles. The van der Waals surface area contributed by atoms with Crippen LogP contribution in [-0.4, -0.2) is 177 Å². The van der Waals surface area contributed by atoms with Crippen molar-refractivity contribution >= 4 is 99.5 Å². The predicted octanol–water partition coefficient (Wildman–Crippen LogP) is -0.420. The van der Waals surface area contributed by atoms with E-state index >= 15 is 0 Å². The number of nitrogens with zero attached hydrogens (tertiary/aromatic N) is 10. The highest BCUT2D eigenvalue weighted by molar-refractivity contribution is 6.05. The Labute approximate surface area is 498 Å².